The lowest BCUT2D eigenvalue weighted by molar-refractivity contribution is 0.0910. The van der Waals surface area contributed by atoms with E-state index in [0.717, 1.165) is 6.42 Å². The molecule has 0 fully saturated rings. The first-order valence-corrected chi connectivity index (χ1v) is 5.98. The summed E-state index contributed by atoms with van der Waals surface area (Å²) in [4.78, 5) is 11.9. The highest BCUT2D eigenvalue weighted by Crippen LogP contribution is 2.24. The van der Waals surface area contributed by atoms with Crippen LogP contribution in [0.2, 0.25) is 0 Å². The van der Waals surface area contributed by atoms with E-state index in [2.05, 4.69) is 5.32 Å². The molecule has 1 aromatic carbocycles. The lowest BCUT2D eigenvalue weighted by atomic mass is 10.1. The highest BCUT2D eigenvalue weighted by atomic mass is 16.5. The summed E-state index contributed by atoms with van der Waals surface area (Å²) in [5, 5.41) is 12.2. The van der Waals surface area contributed by atoms with E-state index in [1.807, 2.05) is 6.92 Å². The molecule has 18 heavy (non-hydrogen) atoms. The van der Waals surface area contributed by atoms with Crippen molar-refractivity contribution in [3.63, 3.8) is 0 Å². The van der Waals surface area contributed by atoms with Gasteiger partial charge in [-0.3, -0.25) is 4.79 Å². The van der Waals surface area contributed by atoms with Crippen LogP contribution < -0.4 is 15.8 Å². The molecular formula is C13H20N2O3. The maximum Gasteiger partial charge on any atom is 0.253 e. The summed E-state index contributed by atoms with van der Waals surface area (Å²) >= 11 is 0. The van der Waals surface area contributed by atoms with Crippen LogP contribution in [0.4, 0.5) is 5.69 Å². The Kier molecular flexibility index (Phi) is 5.45. The molecule has 0 saturated carbocycles. The Morgan fingerprint density at radius 2 is 2.28 bits per heavy atom. The van der Waals surface area contributed by atoms with Gasteiger partial charge < -0.3 is 20.9 Å². The number of amides is 1. The van der Waals surface area contributed by atoms with E-state index in [-0.39, 0.29) is 12.5 Å². The zero-order valence-corrected chi connectivity index (χ0v) is 10.8. The van der Waals surface area contributed by atoms with Crippen molar-refractivity contribution in [3.8, 4) is 5.75 Å². The Morgan fingerprint density at radius 1 is 1.56 bits per heavy atom. The Morgan fingerprint density at radius 3 is 2.89 bits per heavy atom. The van der Waals surface area contributed by atoms with E-state index in [4.69, 9.17) is 10.5 Å². The number of carbonyl (C=O) groups excluding carboxylic acids is 1. The van der Waals surface area contributed by atoms with Gasteiger partial charge in [0.1, 0.15) is 5.75 Å². The molecule has 0 bridgehead atoms. The van der Waals surface area contributed by atoms with Gasteiger partial charge >= 0.3 is 0 Å². The van der Waals surface area contributed by atoms with Crippen molar-refractivity contribution in [2.75, 3.05) is 19.4 Å². The number of aliphatic hydroxyl groups is 1. The van der Waals surface area contributed by atoms with Gasteiger partial charge in [-0.2, -0.15) is 0 Å². The second-order valence-corrected chi connectivity index (χ2v) is 4.07. The van der Waals surface area contributed by atoms with Crippen LogP contribution in [0.3, 0.4) is 0 Å². The van der Waals surface area contributed by atoms with Crippen molar-refractivity contribution in [1.29, 1.82) is 0 Å². The minimum Gasteiger partial charge on any atom is -0.495 e. The van der Waals surface area contributed by atoms with Crippen molar-refractivity contribution < 1.29 is 14.6 Å². The van der Waals surface area contributed by atoms with Crippen LogP contribution in [-0.2, 0) is 0 Å². The van der Waals surface area contributed by atoms with Gasteiger partial charge in [0.05, 0.1) is 24.5 Å². The number of rotatable bonds is 6. The van der Waals surface area contributed by atoms with Crippen LogP contribution in [0, 0.1) is 0 Å². The number of aliphatic hydroxyl groups excluding tert-OH is 1. The first-order chi connectivity index (χ1) is 8.60. The number of hydrogen-bond acceptors (Lipinski definition) is 4. The van der Waals surface area contributed by atoms with Crippen LogP contribution in [0.5, 0.6) is 5.75 Å². The topological polar surface area (TPSA) is 84.6 Å². The zero-order valence-electron chi connectivity index (χ0n) is 10.8. The first-order valence-electron chi connectivity index (χ1n) is 5.98. The molecule has 0 aliphatic heterocycles. The average molecular weight is 252 g/mol. The van der Waals surface area contributed by atoms with Crippen LogP contribution in [0.15, 0.2) is 18.2 Å². The fourth-order valence-corrected chi connectivity index (χ4v) is 1.66. The standard InChI is InChI=1S/C13H20N2O3/c1-3-5-9(16)8-15-13(17)10-6-4-7-11(18-2)12(10)14/h4,6-7,9,16H,3,5,8,14H2,1-2H3,(H,15,17). The molecule has 5 nitrogen and oxygen atoms in total. The number of ether oxygens (including phenoxy) is 1. The zero-order chi connectivity index (χ0) is 13.5. The van der Waals surface area contributed by atoms with E-state index in [9.17, 15) is 9.90 Å². The SMILES string of the molecule is CCCC(O)CNC(=O)c1cccc(OC)c1N. The fourth-order valence-electron chi connectivity index (χ4n) is 1.66. The molecule has 1 aromatic rings. The summed E-state index contributed by atoms with van der Waals surface area (Å²) in [5.41, 5.74) is 6.48. The maximum absolute atomic E-state index is 11.9. The number of anilines is 1. The molecule has 1 unspecified atom stereocenters. The molecule has 0 heterocycles. The van der Waals surface area contributed by atoms with Gasteiger partial charge in [-0.15, -0.1) is 0 Å². The molecule has 0 aliphatic carbocycles. The molecule has 1 amide bonds. The second kappa shape index (κ2) is 6.86. The third-order valence-corrected chi connectivity index (χ3v) is 2.65. The van der Waals surface area contributed by atoms with Gasteiger partial charge in [-0.1, -0.05) is 19.4 Å². The smallest absolute Gasteiger partial charge is 0.253 e. The number of hydrogen-bond donors (Lipinski definition) is 3. The largest absolute Gasteiger partial charge is 0.495 e. The number of carbonyl (C=O) groups is 1. The third-order valence-electron chi connectivity index (χ3n) is 2.65. The normalized spacial score (nSPS) is 11.9. The van der Waals surface area contributed by atoms with E-state index in [1.54, 1.807) is 18.2 Å². The van der Waals surface area contributed by atoms with Gasteiger partial charge in [0.2, 0.25) is 0 Å². The molecule has 0 radical (unpaired) electrons. The van der Waals surface area contributed by atoms with Crippen molar-refractivity contribution in [2.24, 2.45) is 0 Å². The number of nitrogens with two attached hydrogens (primary N) is 1. The van der Waals surface area contributed by atoms with Gasteiger partial charge in [0.25, 0.3) is 5.91 Å². The van der Waals surface area contributed by atoms with Crippen LogP contribution in [0.25, 0.3) is 0 Å². The monoisotopic (exact) mass is 252 g/mol. The quantitative estimate of drug-likeness (QED) is 0.663. The summed E-state index contributed by atoms with van der Waals surface area (Å²) in [6.07, 6.45) is 1.01. The molecule has 5 heteroatoms. The Hall–Kier alpha value is -1.75. The van der Waals surface area contributed by atoms with Crippen LogP contribution >= 0.6 is 0 Å². The molecule has 0 aliphatic rings. The van der Waals surface area contributed by atoms with Crippen molar-refractivity contribution >= 4 is 11.6 Å². The fraction of sp³-hybridized carbons (Fsp3) is 0.462. The number of nitrogen functional groups attached to an aromatic ring is 1. The summed E-state index contributed by atoms with van der Waals surface area (Å²) in [6, 6.07) is 5.02. The maximum atomic E-state index is 11.9. The summed E-state index contributed by atoms with van der Waals surface area (Å²) in [7, 11) is 1.50. The number of benzene rings is 1. The number of para-hydroxylation sites is 1. The van der Waals surface area contributed by atoms with Crippen LogP contribution in [0.1, 0.15) is 30.1 Å². The lowest BCUT2D eigenvalue weighted by Gasteiger charge is -2.13. The molecule has 100 valence electrons. The Labute approximate surface area is 107 Å². The predicted octanol–water partition coefficient (Wildman–Crippen LogP) is 1.17. The molecule has 1 atom stereocenters. The lowest BCUT2D eigenvalue weighted by Crippen LogP contribution is -2.32. The number of methoxy groups -OCH3 is 1. The van der Waals surface area contributed by atoms with Crippen molar-refractivity contribution in [3.05, 3.63) is 23.8 Å². The minimum atomic E-state index is -0.522. The van der Waals surface area contributed by atoms with E-state index >= 15 is 0 Å². The Balaban J connectivity index is 2.67. The number of nitrogens with one attached hydrogen (secondary N) is 1. The molecule has 0 spiro atoms. The Bertz CT molecular complexity index is 407. The van der Waals surface area contributed by atoms with Gasteiger partial charge in [-0.05, 0) is 18.6 Å². The summed E-state index contributed by atoms with van der Waals surface area (Å²) in [6.45, 7) is 2.20. The van der Waals surface area contributed by atoms with Gasteiger partial charge in [0.15, 0.2) is 0 Å². The summed E-state index contributed by atoms with van der Waals surface area (Å²) < 4.78 is 5.05. The van der Waals surface area contributed by atoms with E-state index in [0.29, 0.717) is 23.4 Å². The van der Waals surface area contributed by atoms with Crippen molar-refractivity contribution in [1.82, 2.24) is 5.32 Å². The average Bonchev–Trinajstić information content (AvgIpc) is 2.36. The predicted molar refractivity (Wildman–Crippen MR) is 70.7 cm³/mol. The molecule has 0 saturated heterocycles. The third kappa shape index (κ3) is 3.63. The van der Waals surface area contributed by atoms with Crippen LogP contribution in [-0.4, -0.2) is 30.8 Å². The van der Waals surface area contributed by atoms with E-state index < -0.39 is 6.10 Å². The van der Waals surface area contributed by atoms with Gasteiger partial charge in [0, 0.05) is 6.54 Å². The molecule has 0 aromatic heterocycles. The molecular weight excluding hydrogens is 232 g/mol. The minimum absolute atomic E-state index is 0.226. The molecule has 1 rings (SSSR count). The second-order valence-electron chi connectivity index (χ2n) is 4.07. The molecule has 4 N–H and O–H groups in total. The van der Waals surface area contributed by atoms with E-state index in [1.165, 1.54) is 7.11 Å². The summed E-state index contributed by atoms with van der Waals surface area (Å²) in [5.74, 6) is 0.165. The van der Waals surface area contributed by atoms with Gasteiger partial charge in [-0.25, -0.2) is 0 Å². The van der Waals surface area contributed by atoms with Crippen molar-refractivity contribution in [2.45, 2.75) is 25.9 Å². The highest BCUT2D eigenvalue weighted by molar-refractivity contribution is 6.00. The highest BCUT2D eigenvalue weighted by Gasteiger charge is 2.13. The first kappa shape index (κ1) is 14.3.